The van der Waals surface area contributed by atoms with Crippen molar-refractivity contribution in [3.8, 4) is 0 Å². The number of phosphoric acid groups is 1. The zero-order valence-electron chi connectivity index (χ0n) is 8.05. The maximum absolute atomic E-state index is 11.2. The van der Waals surface area contributed by atoms with Crippen LogP contribution in [0.3, 0.4) is 0 Å². The number of allylic oxidation sites excluding steroid dienone is 1. The Hall–Kier alpha value is -0.970. The molecule has 0 bridgehead atoms. The number of phosphoric ester groups is 1. The summed E-state index contributed by atoms with van der Waals surface area (Å²) < 4.78 is 24.3. The Morgan fingerprint density at radius 1 is 1.29 bits per heavy atom. The van der Waals surface area contributed by atoms with E-state index in [4.69, 9.17) is 0 Å². The van der Waals surface area contributed by atoms with Gasteiger partial charge in [-0.2, -0.15) is 0 Å². The second-order valence-electron chi connectivity index (χ2n) is 2.23. The van der Waals surface area contributed by atoms with Crippen LogP contribution in [0.2, 0.25) is 0 Å². The van der Waals surface area contributed by atoms with Gasteiger partial charge in [-0.3, -0.25) is 13.8 Å². The first-order chi connectivity index (χ1) is 6.47. The van der Waals surface area contributed by atoms with Gasteiger partial charge in [-0.25, -0.2) is 9.36 Å². The van der Waals surface area contributed by atoms with E-state index in [2.05, 4.69) is 13.6 Å². The zero-order chi connectivity index (χ0) is 11.2. The van der Waals surface area contributed by atoms with E-state index in [0.29, 0.717) is 6.29 Å². The smallest absolute Gasteiger partial charge is 0.367 e. The van der Waals surface area contributed by atoms with Crippen molar-refractivity contribution in [2.75, 3.05) is 14.2 Å². The Morgan fingerprint density at radius 3 is 2.14 bits per heavy atom. The van der Waals surface area contributed by atoms with Crippen molar-refractivity contribution in [1.29, 1.82) is 0 Å². The minimum Gasteiger partial charge on any atom is -0.367 e. The molecule has 0 spiro atoms. The third-order valence-corrected chi connectivity index (χ3v) is 2.48. The van der Waals surface area contributed by atoms with Crippen molar-refractivity contribution in [1.82, 2.24) is 0 Å². The molecule has 0 fully saturated rings. The molecule has 0 aromatic heterocycles. The molecule has 0 saturated heterocycles. The highest BCUT2D eigenvalue weighted by Gasteiger charge is 2.26. The van der Waals surface area contributed by atoms with Crippen LogP contribution in [0.25, 0.3) is 0 Å². The van der Waals surface area contributed by atoms with E-state index < -0.39 is 13.8 Å². The van der Waals surface area contributed by atoms with E-state index in [9.17, 15) is 14.2 Å². The van der Waals surface area contributed by atoms with Crippen molar-refractivity contribution in [2.45, 2.75) is 6.92 Å². The van der Waals surface area contributed by atoms with Gasteiger partial charge in [0.15, 0.2) is 0 Å². The lowest BCUT2D eigenvalue weighted by atomic mass is 10.3. The van der Waals surface area contributed by atoms with Crippen LogP contribution in [-0.2, 0) is 27.7 Å². The first-order valence-electron chi connectivity index (χ1n) is 3.56. The van der Waals surface area contributed by atoms with Gasteiger partial charge in [0.2, 0.25) is 0 Å². The highest BCUT2D eigenvalue weighted by atomic mass is 31.2. The van der Waals surface area contributed by atoms with Crippen LogP contribution < -0.4 is 0 Å². The van der Waals surface area contributed by atoms with Crippen molar-refractivity contribution in [3.05, 3.63) is 11.6 Å². The lowest BCUT2D eigenvalue weighted by Crippen LogP contribution is -2.02. The van der Waals surface area contributed by atoms with E-state index in [1.807, 2.05) is 0 Å². The minimum absolute atomic E-state index is 0.147. The quantitative estimate of drug-likeness (QED) is 0.393. The maximum Gasteiger partial charge on any atom is 0.531 e. The molecule has 0 unspecified atom stereocenters. The van der Waals surface area contributed by atoms with Crippen LogP contribution in [0.1, 0.15) is 6.92 Å². The molecule has 0 aliphatic rings. The van der Waals surface area contributed by atoms with Gasteiger partial charge in [-0.05, 0) is 12.5 Å². The fourth-order valence-corrected chi connectivity index (χ4v) is 1.08. The van der Waals surface area contributed by atoms with Crippen molar-refractivity contribution < 1.29 is 27.7 Å². The monoisotopic (exact) mass is 222 g/mol. The van der Waals surface area contributed by atoms with Crippen molar-refractivity contribution in [3.63, 3.8) is 0 Å². The number of hydrogen-bond acceptors (Lipinski definition) is 6. The van der Waals surface area contributed by atoms with Crippen LogP contribution >= 0.6 is 7.82 Å². The van der Waals surface area contributed by atoms with Gasteiger partial charge in [0.25, 0.3) is 0 Å². The minimum atomic E-state index is -3.81. The van der Waals surface area contributed by atoms with E-state index in [1.165, 1.54) is 6.92 Å². The Bertz CT molecular complexity index is 287. The second-order valence-corrected chi connectivity index (χ2v) is 4.04. The first kappa shape index (κ1) is 13.0. The normalized spacial score (nSPS) is 12.4. The summed E-state index contributed by atoms with van der Waals surface area (Å²) in [6, 6.07) is 0. The van der Waals surface area contributed by atoms with Crippen LogP contribution in [0.15, 0.2) is 11.6 Å². The number of aldehydes is 1. The highest BCUT2D eigenvalue weighted by Crippen LogP contribution is 2.47. The SMILES string of the molecule is COP(=O)(OC)OC(=O)C=C(C)C=O. The molecule has 7 heteroatoms. The van der Waals surface area contributed by atoms with Gasteiger partial charge in [-0.15, -0.1) is 0 Å². The largest absolute Gasteiger partial charge is 0.531 e. The molecular weight excluding hydrogens is 211 g/mol. The molecule has 0 heterocycles. The third-order valence-electron chi connectivity index (χ3n) is 1.18. The van der Waals surface area contributed by atoms with Crippen LogP contribution in [0, 0.1) is 0 Å². The fraction of sp³-hybridized carbons (Fsp3) is 0.429. The molecule has 0 amide bonds. The van der Waals surface area contributed by atoms with E-state index in [-0.39, 0.29) is 5.57 Å². The summed E-state index contributed by atoms with van der Waals surface area (Å²) in [6.45, 7) is 1.40. The van der Waals surface area contributed by atoms with E-state index in [0.717, 1.165) is 20.3 Å². The lowest BCUT2D eigenvalue weighted by Gasteiger charge is -2.10. The van der Waals surface area contributed by atoms with E-state index >= 15 is 0 Å². The van der Waals surface area contributed by atoms with Gasteiger partial charge in [0.1, 0.15) is 6.29 Å². The summed E-state index contributed by atoms with van der Waals surface area (Å²) in [5.74, 6) is -0.957. The third kappa shape index (κ3) is 4.32. The topological polar surface area (TPSA) is 78.9 Å². The molecule has 0 aromatic rings. The summed E-state index contributed by atoms with van der Waals surface area (Å²) in [7, 11) is -1.66. The average Bonchev–Trinajstić information content (AvgIpc) is 2.17. The number of rotatable bonds is 5. The predicted octanol–water partition coefficient (Wildman–Crippen LogP) is 1.08. The summed E-state index contributed by atoms with van der Waals surface area (Å²) in [6.07, 6.45) is 1.35. The number of carbonyl (C=O) groups excluding carboxylic acids is 2. The van der Waals surface area contributed by atoms with Gasteiger partial charge in [0, 0.05) is 20.3 Å². The van der Waals surface area contributed by atoms with Gasteiger partial charge >= 0.3 is 13.8 Å². The molecule has 0 rings (SSSR count). The number of carbonyl (C=O) groups is 2. The molecule has 0 aliphatic carbocycles. The maximum atomic E-state index is 11.2. The molecule has 0 aromatic carbocycles. The molecule has 80 valence electrons. The standard InChI is InChI=1S/C7H11O6P/c1-6(5-8)4-7(9)13-14(10,11-2)12-3/h4-5H,1-3H3. The van der Waals surface area contributed by atoms with Gasteiger partial charge < -0.3 is 4.52 Å². The van der Waals surface area contributed by atoms with E-state index in [1.54, 1.807) is 0 Å². The van der Waals surface area contributed by atoms with Crippen LogP contribution in [-0.4, -0.2) is 26.5 Å². The molecule has 6 nitrogen and oxygen atoms in total. The Kier molecular flexibility index (Phi) is 5.30. The summed E-state index contributed by atoms with van der Waals surface area (Å²) in [4.78, 5) is 21.1. The highest BCUT2D eigenvalue weighted by molar-refractivity contribution is 7.49. The molecule has 0 N–H and O–H groups in total. The van der Waals surface area contributed by atoms with Crippen LogP contribution in [0.5, 0.6) is 0 Å². The lowest BCUT2D eigenvalue weighted by molar-refractivity contribution is -0.130. The second kappa shape index (κ2) is 5.70. The molecule has 0 aliphatic heterocycles. The molecular formula is C7H11O6P. The molecule has 0 radical (unpaired) electrons. The fourth-order valence-electron chi connectivity index (χ4n) is 0.506. The van der Waals surface area contributed by atoms with Gasteiger partial charge in [-0.1, -0.05) is 0 Å². The first-order valence-corrected chi connectivity index (χ1v) is 5.02. The summed E-state index contributed by atoms with van der Waals surface area (Å²) >= 11 is 0. The molecule has 14 heavy (non-hydrogen) atoms. The van der Waals surface area contributed by atoms with Crippen molar-refractivity contribution >= 4 is 20.1 Å². The Morgan fingerprint density at radius 2 is 1.79 bits per heavy atom. The predicted molar refractivity (Wildman–Crippen MR) is 47.5 cm³/mol. The Balaban J connectivity index is 4.47. The number of hydrogen-bond donors (Lipinski definition) is 0. The zero-order valence-corrected chi connectivity index (χ0v) is 8.95. The molecule has 0 atom stereocenters. The summed E-state index contributed by atoms with van der Waals surface area (Å²) in [5, 5.41) is 0. The molecule has 0 saturated carbocycles. The van der Waals surface area contributed by atoms with Crippen LogP contribution in [0.4, 0.5) is 0 Å². The van der Waals surface area contributed by atoms with Crippen molar-refractivity contribution in [2.24, 2.45) is 0 Å². The average molecular weight is 222 g/mol. The Labute approximate surface area is 81.5 Å². The van der Waals surface area contributed by atoms with Gasteiger partial charge in [0.05, 0.1) is 0 Å². The summed E-state index contributed by atoms with van der Waals surface area (Å²) in [5.41, 5.74) is 0.147.